The summed E-state index contributed by atoms with van der Waals surface area (Å²) in [5.74, 6) is 0. The molecule has 0 aromatic carbocycles. The van der Waals surface area contributed by atoms with E-state index >= 15 is 0 Å². The molecule has 1 heteroatoms. The highest BCUT2D eigenvalue weighted by Gasteiger charge is 1.97. The minimum Gasteiger partial charge on any atom is -0.304 e. The molecule has 0 aliphatic carbocycles. The van der Waals surface area contributed by atoms with Gasteiger partial charge in [-0.3, -0.25) is 0 Å². The zero-order valence-corrected chi connectivity index (χ0v) is 11.7. The quantitative estimate of drug-likeness (QED) is 0.366. The maximum absolute atomic E-state index is 2.52. The lowest BCUT2D eigenvalue weighted by molar-refractivity contribution is 0.295. The second-order valence-corrected chi connectivity index (χ2v) is 4.46. The Morgan fingerprint density at radius 3 is 2.00 bits per heavy atom. The Hall–Kier alpha value is -0.300. The lowest BCUT2D eigenvalue weighted by atomic mass is 10.1. The van der Waals surface area contributed by atoms with Gasteiger partial charge in [0.1, 0.15) is 0 Å². The van der Waals surface area contributed by atoms with Crippen LogP contribution in [-0.2, 0) is 0 Å². The number of hydrogen-bond donors (Lipinski definition) is 0. The molecule has 0 aromatic rings. The molecule has 0 N–H and O–H groups in total. The average Bonchev–Trinajstić information content (AvgIpc) is 2.32. The van der Waals surface area contributed by atoms with Crippen LogP contribution in [0.25, 0.3) is 0 Å². The highest BCUT2D eigenvalue weighted by Crippen LogP contribution is 2.06. The summed E-state index contributed by atoms with van der Waals surface area (Å²) in [7, 11) is 0. The van der Waals surface area contributed by atoms with Crippen molar-refractivity contribution in [2.45, 2.75) is 65.7 Å². The fourth-order valence-corrected chi connectivity index (χ4v) is 1.95. The van der Waals surface area contributed by atoms with Crippen LogP contribution >= 0.6 is 0 Å². The third-order valence-corrected chi connectivity index (χ3v) is 3.14. The Balaban J connectivity index is 3.12. The van der Waals surface area contributed by atoms with E-state index in [0.717, 1.165) is 0 Å². The number of unbranched alkanes of at least 4 members (excludes halogenated alkanes) is 5. The van der Waals surface area contributed by atoms with Gasteiger partial charge >= 0.3 is 0 Å². The van der Waals surface area contributed by atoms with Gasteiger partial charge in [0.05, 0.1) is 0 Å². The summed E-state index contributed by atoms with van der Waals surface area (Å²) >= 11 is 0. The monoisotopic (exact) mass is 225 g/mol. The van der Waals surface area contributed by atoms with Gasteiger partial charge in [0.15, 0.2) is 0 Å². The first kappa shape index (κ1) is 15.7. The molecular weight excluding hydrogens is 194 g/mol. The molecule has 0 saturated carbocycles. The molecule has 0 fully saturated rings. The highest BCUT2D eigenvalue weighted by atomic mass is 15.1. The number of hydrogen-bond acceptors (Lipinski definition) is 1. The molecule has 1 nitrogen and oxygen atoms in total. The number of allylic oxidation sites excluding steroid dienone is 2. The van der Waals surface area contributed by atoms with Crippen molar-refractivity contribution in [1.29, 1.82) is 0 Å². The van der Waals surface area contributed by atoms with Crippen LogP contribution in [0.15, 0.2) is 12.2 Å². The number of rotatable bonds is 11. The van der Waals surface area contributed by atoms with E-state index in [1.807, 2.05) is 0 Å². The zero-order valence-electron chi connectivity index (χ0n) is 11.7. The predicted octanol–water partition coefficient (Wildman–Crippen LogP) is 4.64. The summed E-state index contributed by atoms with van der Waals surface area (Å²) in [5, 5.41) is 0. The van der Waals surface area contributed by atoms with Gasteiger partial charge in [-0.15, -0.1) is 0 Å². The van der Waals surface area contributed by atoms with Gasteiger partial charge in [-0.25, -0.2) is 0 Å². The van der Waals surface area contributed by atoms with Crippen LogP contribution in [0.5, 0.6) is 0 Å². The molecule has 0 aromatic heterocycles. The summed E-state index contributed by atoms with van der Waals surface area (Å²) in [6, 6.07) is 0. The molecule has 0 bridgehead atoms. The first-order chi connectivity index (χ1) is 7.85. The van der Waals surface area contributed by atoms with Gasteiger partial charge in [-0.1, -0.05) is 52.2 Å². The maximum Gasteiger partial charge on any atom is -0.00190 e. The summed E-state index contributed by atoms with van der Waals surface area (Å²) in [4.78, 5) is 2.52. The first-order valence-corrected chi connectivity index (χ1v) is 7.22. The van der Waals surface area contributed by atoms with Crippen LogP contribution in [0.1, 0.15) is 65.7 Å². The predicted molar refractivity (Wildman–Crippen MR) is 74.9 cm³/mol. The fraction of sp³-hybridized carbons (Fsp3) is 0.867. The van der Waals surface area contributed by atoms with Crippen LogP contribution in [0.4, 0.5) is 0 Å². The Kier molecular flexibility index (Phi) is 12.5. The molecule has 96 valence electrons. The van der Waals surface area contributed by atoms with Gasteiger partial charge in [0, 0.05) is 0 Å². The second-order valence-electron chi connectivity index (χ2n) is 4.46. The van der Waals surface area contributed by atoms with E-state index < -0.39 is 0 Å². The third-order valence-electron chi connectivity index (χ3n) is 3.14. The molecule has 0 amide bonds. The van der Waals surface area contributed by atoms with Crippen molar-refractivity contribution in [3.05, 3.63) is 12.2 Å². The molecule has 0 spiro atoms. The van der Waals surface area contributed by atoms with E-state index in [1.165, 1.54) is 64.6 Å². The number of nitrogens with zero attached hydrogens (tertiary/aromatic N) is 1. The largest absolute Gasteiger partial charge is 0.304 e. The summed E-state index contributed by atoms with van der Waals surface area (Å²) in [6.07, 6.45) is 14.1. The maximum atomic E-state index is 2.52. The third kappa shape index (κ3) is 10.2. The molecule has 0 heterocycles. The van der Waals surface area contributed by atoms with Crippen molar-refractivity contribution in [1.82, 2.24) is 4.90 Å². The van der Waals surface area contributed by atoms with Crippen molar-refractivity contribution in [2.75, 3.05) is 19.6 Å². The summed E-state index contributed by atoms with van der Waals surface area (Å²) in [5.41, 5.74) is 0. The zero-order chi connectivity index (χ0) is 12.1. The average molecular weight is 225 g/mol. The van der Waals surface area contributed by atoms with Gasteiger partial charge in [0.2, 0.25) is 0 Å². The minimum atomic E-state index is 1.18. The van der Waals surface area contributed by atoms with Crippen molar-refractivity contribution in [3.63, 3.8) is 0 Å². The van der Waals surface area contributed by atoms with Crippen molar-refractivity contribution in [3.8, 4) is 0 Å². The van der Waals surface area contributed by atoms with Crippen LogP contribution in [-0.4, -0.2) is 24.5 Å². The standard InChI is InChI=1S/C15H31N/c1-4-7-8-9-10-11-12-13-14-15-16(5-2)6-3/h7-8H,4-6,9-15H2,1-3H3/b8-7+. The van der Waals surface area contributed by atoms with Gasteiger partial charge in [-0.05, 0) is 45.3 Å². The lowest BCUT2D eigenvalue weighted by Gasteiger charge is -2.17. The van der Waals surface area contributed by atoms with Crippen LogP contribution in [0.3, 0.4) is 0 Å². The molecule has 0 saturated heterocycles. The molecule has 0 aliphatic rings. The van der Waals surface area contributed by atoms with E-state index in [0.29, 0.717) is 0 Å². The molecule has 0 atom stereocenters. The summed E-state index contributed by atoms with van der Waals surface area (Å²) in [6.45, 7) is 10.4. The SMILES string of the molecule is CC/C=C/CCCCCCCN(CC)CC. The normalized spacial score (nSPS) is 11.8. The molecule has 0 aliphatic heterocycles. The van der Waals surface area contributed by atoms with Gasteiger partial charge in [0.25, 0.3) is 0 Å². The molecular formula is C15H31N. The van der Waals surface area contributed by atoms with Gasteiger partial charge < -0.3 is 4.90 Å². The Labute approximate surface area is 103 Å². The van der Waals surface area contributed by atoms with Crippen LogP contribution in [0, 0.1) is 0 Å². The second kappa shape index (κ2) is 12.8. The molecule has 16 heavy (non-hydrogen) atoms. The first-order valence-electron chi connectivity index (χ1n) is 7.22. The molecule has 0 unspecified atom stereocenters. The topological polar surface area (TPSA) is 3.24 Å². The lowest BCUT2D eigenvalue weighted by Crippen LogP contribution is -2.23. The Bertz CT molecular complexity index is 148. The van der Waals surface area contributed by atoms with Crippen molar-refractivity contribution in [2.24, 2.45) is 0 Å². The van der Waals surface area contributed by atoms with Crippen molar-refractivity contribution < 1.29 is 0 Å². The highest BCUT2D eigenvalue weighted by molar-refractivity contribution is 4.79. The van der Waals surface area contributed by atoms with Crippen LogP contribution < -0.4 is 0 Å². The summed E-state index contributed by atoms with van der Waals surface area (Å²) < 4.78 is 0. The molecule has 0 radical (unpaired) electrons. The van der Waals surface area contributed by atoms with Crippen LogP contribution in [0.2, 0.25) is 0 Å². The van der Waals surface area contributed by atoms with E-state index in [2.05, 4.69) is 37.8 Å². The molecule has 0 rings (SSSR count). The minimum absolute atomic E-state index is 1.18. The fourth-order valence-electron chi connectivity index (χ4n) is 1.95. The van der Waals surface area contributed by atoms with E-state index in [4.69, 9.17) is 0 Å². The van der Waals surface area contributed by atoms with E-state index in [1.54, 1.807) is 0 Å². The van der Waals surface area contributed by atoms with E-state index in [-0.39, 0.29) is 0 Å². The smallest absolute Gasteiger partial charge is 0.00190 e. The Morgan fingerprint density at radius 1 is 0.750 bits per heavy atom. The van der Waals surface area contributed by atoms with E-state index in [9.17, 15) is 0 Å². The Morgan fingerprint density at radius 2 is 1.38 bits per heavy atom. The van der Waals surface area contributed by atoms with Crippen molar-refractivity contribution >= 4 is 0 Å². The van der Waals surface area contributed by atoms with Gasteiger partial charge in [-0.2, -0.15) is 0 Å².